The molecule has 1 aliphatic rings. The summed E-state index contributed by atoms with van der Waals surface area (Å²) in [5, 5.41) is 2.80. The SMILES string of the molecule is Cc1nc(S(=O)(=O)CC(=O)NC(C)C2CC2)n(CC(C)C)c1C. The maximum Gasteiger partial charge on any atom is 0.235 e. The topological polar surface area (TPSA) is 81.1 Å². The Kier molecular flexibility index (Phi) is 5.18. The molecule has 1 atom stereocenters. The van der Waals surface area contributed by atoms with Crippen molar-refractivity contribution in [3.63, 3.8) is 0 Å². The molecule has 1 aromatic rings. The van der Waals surface area contributed by atoms with Crippen LogP contribution in [0.25, 0.3) is 0 Å². The van der Waals surface area contributed by atoms with Crippen molar-refractivity contribution in [2.24, 2.45) is 11.8 Å². The Hall–Kier alpha value is -1.37. The van der Waals surface area contributed by atoms with Gasteiger partial charge in [-0.05, 0) is 45.4 Å². The van der Waals surface area contributed by atoms with E-state index in [9.17, 15) is 13.2 Å². The third-order valence-corrected chi connectivity index (χ3v) is 5.80. The first-order valence-electron chi connectivity index (χ1n) is 8.17. The Morgan fingerprint density at radius 1 is 1.30 bits per heavy atom. The van der Waals surface area contributed by atoms with Crippen molar-refractivity contribution in [1.29, 1.82) is 0 Å². The Labute approximate surface area is 138 Å². The van der Waals surface area contributed by atoms with Crippen LogP contribution in [-0.2, 0) is 21.2 Å². The lowest BCUT2D eigenvalue weighted by Crippen LogP contribution is -2.38. The highest BCUT2D eigenvalue weighted by molar-refractivity contribution is 7.92. The standard InChI is InChI=1S/C16H27N3O3S/c1-10(2)8-19-13(5)11(3)18-16(19)23(21,22)9-15(20)17-12(4)14-6-7-14/h10,12,14H,6-9H2,1-5H3,(H,17,20). The van der Waals surface area contributed by atoms with Gasteiger partial charge in [-0.3, -0.25) is 4.79 Å². The predicted molar refractivity (Wildman–Crippen MR) is 88.9 cm³/mol. The highest BCUT2D eigenvalue weighted by atomic mass is 32.2. The van der Waals surface area contributed by atoms with Crippen molar-refractivity contribution in [2.75, 3.05) is 5.75 Å². The number of aromatic nitrogens is 2. The number of hydrogen-bond donors (Lipinski definition) is 1. The molecule has 0 bridgehead atoms. The van der Waals surface area contributed by atoms with Crippen molar-refractivity contribution >= 4 is 15.7 Å². The van der Waals surface area contributed by atoms with E-state index in [2.05, 4.69) is 10.3 Å². The third-order valence-electron chi connectivity index (χ3n) is 4.29. The Morgan fingerprint density at radius 3 is 2.43 bits per heavy atom. The molecule has 1 fully saturated rings. The molecule has 1 amide bonds. The normalized spacial score (nSPS) is 16.6. The number of carbonyl (C=O) groups is 1. The summed E-state index contributed by atoms with van der Waals surface area (Å²) in [6.45, 7) is 10.2. The molecule has 1 saturated carbocycles. The first-order valence-corrected chi connectivity index (χ1v) is 9.83. The fourth-order valence-electron chi connectivity index (χ4n) is 2.69. The van der Waals surface area contributed by atoms with Crippen LogP contribution >= 0.6 is 0 Å². The van der Waals surface area contributed by atoms with E-state index in [4.69, 9.17) is 0 Å². The molecule has 0 saturated heterocycles. The molecule has 0 radical (unpaired) electrons. The van der Waals surface area contributed by atoms with Crippen molar-refractivity contribution in [2.45, 2.75) is 65.2 Å². The van der Waals surface area contributed by atoms with Crippen LogP contribution in [0.3, 0.4) is 0 Å². The van der Waals surface area contributed by atoms with E-state index in [0.29, 0.717) is 24.1 Å². The maximum absolute atomic E-state index is 12.6. The van der Waals surface area contributed by atoms with Gasteiger partial charge >= 0.3 is 0 Å². The molecule has 2 rings (SSSR count). The maximum atomic E-state index is 12.6. The number of nitrogens with zero attached hydrogens (tertiary/aromatic N) is 2. The second kappa shape index (κ2) is 6.63. The summed E-state index contributed by atoms with van der Waals surface area (Å²) in [6.07, 6.45) is 2.21. The van der Waals surface area contributed by atoms with Crippen LogP contribution < -0.4 is 5.32 Å². The third kappa shape index (κ3) is 4.34. The lowest BCUT2D eigenvalue weighted by atomic mass is 10.2. The van der Waals surface area contributed by atoms with Gasteiger partial charge in [-0.15, -0.1) is 0 Å². The molecular formula is C16H27N3O3S. The second-order valence-electron chi connectivity index (χ2n) is 7.02. The monoisotopic (exact) mass is 341 g/mol. The summed E-state index contributed by atoms with van der Waals surface area (Å²) < 4.78 is 27.0. The van der Waals surface area contributed by atoms with Gasteiger partial charge in [0.25, 0.3) is 0 Å². The zero-order valence-electron chi connectivity index (χ0n) is 14.6. The van der Waals surface area contributed by atoms with E-state index < -0.39 is 21.5 Å². The zero-order valence-corrected chi connectivity index (χ0v) is 15.4. The van der Waals surface area contributed by atoms with Crippen LogP contribution in [0.4, 0.5) is 0 Å². The van der Waals surface area contributed by atoms with Crippen LogP contribution in [0.15, 0.2) is 5.16 Å². The molecule has 0 aromatic carbocycles. The van der Waals surface area contributed by atoms with Crippen LogP contribution in [0.1, 0.15) is 45.0 Å². The quantitative estimate of drug-likeness (QED) is 0.820. The van der Waals surface area contributed by atoms with Gasteiger partial charge in [0.2, 0.25) is 20.9 Å². The number of rotatable bonds is 7. The summed E-state index contributed by atoms with van der Waals surface area (Å²) in [5.74, 6) is -0.203. The molecule has 23 heavy (non-hydrogen) atoms. The largest absolute Gasteiger partial charge is 0.352 e. The number of amides is 1. The minimum absolute atomic E-state index is 0.00965. The van der Waals surface area contributed by atoms with E-state index in [0.717, 1.165) is 18.5 Å². The zero-order chi connectivity index (χ0) is 17.4. The van der Waals surface area contributed by atoms with Gasteiger partial charge in [-0.25, -0.2) is 13.4 Å². The highest BCUT2D eigenvalue weighted by Crippen LogP contribution is 2.32. The van der Waals surface area contributed by atoms with E-state index in [1.54, 1.807) is 11.5 Å². The molecule has 1 heterocycles. The summed E-state index contributed by atoms with van der Waals surface area (Å²) in [4.78, 5) is 16.3. The summed E-state index contributed by atoms with van der Waals surface area (Å²) in [5.41, 5.74) is 1.53. The average molecular weight is 341 g/mol. The van der Waals surface area contributed by atoms with E-state index in [-0.39, 0.29) is 11.2 Å². The fourth-order valence-corrected chi connectivity index (χ4v) is 4.07. The number of imidazole rings is 1. The lowest BCUT2D eigenvalue weighted by Gasteiger charge is -2.14. The molecular weight excluding hydrogens is 314 g/mol. The van der Waals surface area contributed by atoms with Crippen molar-refractivity contribution in [3.05, 3.63) is 11.4 Å². The number of nitrogens with one attached hydrogen (secondary N) is 1. The van der Waals surface area contributed by atoms with Gasteiger partial charge in [-0.2, -0.15) is 0 Å². The first kappa shape index (κ1) is 18.0. The molecule has 0 spiro atoms. The van der Waals surface area contributed by atoms with Crippen molar-refractivity contribution in [3.8, 4) is 0 Å². The number of aryl methyl sites for hydroxylation is 1. The van der Waals surface area contributed by atoms with Gasteiger partial charge in [0.15, 0.2) is 0 Å². The summed E-state index contributed by atoms with van der Waals surface area (Å²) in [7, 11) is -3.75. The molecule has 1 aromatic heterocycles. The second-order valence-corrected chi connectivity index (χ2v) is 8.91. The number of sulfone groups is 1. The summed E-state index contributed by atoms with van der Waals surface area (Å²) in [6, 6.07) is 0.0385. The van der Waals surface area contributed by atoms with Crippen LogP contribution in [0.2, 0.25) is 0 Å². The molecule has 6 nitrogen and oxygen atoms in total. The average Bonchev–Trinajstić information content (AvgIpc) is 3.20. The minimum Gasteiger partial charge on any atom is -0.352 e. The van der Waals surface area contributed by atoms with Crippen molar-refractivity contribution in [1.82, 2.24) is 14.9 Å². The van der Waals surface area contributed by atoms with Crippen LogP contribution in [0.5, 0.6) is 0 Å². The van der Waals surface area contributed by atoms with Gasteiger partial charge in [0.1, 0.15) is 5.75 Å². The minimum atomic E-state index is -3.75. The molecule has 130 valence electrons. The highest BCUT2D eigenvalue weighted by Gasteiger charge is 2.31. The molecule has 1 N–H and O–H groups in total. The van der Waals surface area contributed by atoms with Gasteiger partial charge in [0, 0.05) is 18.3 Å². The van der Waals surface area contributed by atoms with Gasteiger partial charge < -0.3 is 9.88 Å². The Bertz CT molecular complexity index is 688. The smallest absolute Gasteiger partial charge is 0.235 e. The number of hydrogen-bond acceptors (Lipinski definition) is 4. The molecule has 0 aliphatic heterocycles. The number of carbonyl (C=O) groups excluding carboxylic acids is 1. The molecule has 1 unspecified atom stereocenters. The fraction of sp³-hybridized carbons (Fsp3) is 0.750. The summed E-state index contributed by atoms with van der Waals surface area (Å²) >= 11 is 0. The van der Waals surface area contributed by atoms with E-state index in [1.165, 1.54) is 0 Å². The first-order chi connectivity index (χ1) is 10.6. The Morgan fingerprint density at radius 2 is 1.91 bits per heavy atom. The molecule has 1 aliphatic carbocycles. The van der Waals surface area contributed by atoms with Gasteiger partial charge in [-0.1, -0.05) is 13.8 Å². The van der Waals surface area contributed by atoms with E-state index in [1.807, 2.05) is 27.7 Å². The van der Waals surface area contributed by atoms with Crippen LogP contribution in [0, 0.1) is 25.7 Å². The van der Waals surface area contributed by atoms with Crippen LogP contribution in [-0.4, -0.2) is 35.7 Å². The lowest BCUT2D eigenvalue weighted by molar-refractivity contribution is -0.119. The Balaban J connectivity index is 2.18. The van der Waals surface area contributed by atoms with E-state index >= 15 is 0 Å². The molecule has 7 heteroatoms. The van der Waals surface area contributed by atoms with Gasteiger partial charge in [0.05, 0.1) is 5.69 Å². The predicted octanol–water partition coefficient (Wildman–Crippen LogP) is 1.84. The van der Waals surface area contributed by atoms with Crippen molar-refractivity contribution < 1.29 is 13.2 Å².